The molecule has 4 aromatic rings. The largest absolute Gasteiger partial charge is 0.279 e. The van der Waals surface area contributed by atoms with Crippen LogP contribution in [-0.2, 0) is 10.0 Å². The molecule has 0 aliphatic heterocycles. The van der Waals surface area contributed by atoms with Gasteiger partial charge < -0.3 is 0 Å². The predicted molar refractivity (Wildman–Crippen MR) is 101 cm³/mol. The molecular formula is C20H15FN2O2S. The number of hydrogen-bond acceptors (Lipinski definition) is 3. The standard InChI is InChI=1S/C20H15FN2O2S/c1-13-12-19(23-26(24,25)16-9-7-15(21)8-10-16)18-11-6-14-4-2-3-5-17(14)20(18)22-13/h2-12H,1H3,(H,22,23). The molecule has 6 heteroatoms. The molecule has 0 bridgehead atoms. The van der Waals surface area contributed by atoms with Gasteiger partial charge in [-0.2, -0.15) is 0 Å². The minimum Gasteiger partial charge on any atom is -0.279 e. The van der Waals surface area contributed by atoms with Crippen LogP contribution in [0, 0.1) is 12.7 Å². The number of aryl methyl sites for hydroxylation is 1. The van der Waals surface area contributed by atoms with Crippen LogP contribution in [0.25, 0.3) is 21.7 Å². The first-order chi connectivity index (χ1) is 12.4. The number of aromatic nitrogens is 1. The van der Waals surface area contributed by atoms with Crippen molar-refractivity contribution in [1.82, 2.24) is 4.98 Å². The van der Waals surface area contributed by atoms with Crippen molar-refractivity contribution in [3.05, 3.63) is 78.2 Å². The molecule has 4 nitrogen and oxygen atoms in total. The van der Waals surface area contributed by atoms with Crippen LogP contribution < -0.4 is 4.72 Å². The highest BCUT2D eigenvalue weighted by molar-refractivity contribution is 7.92. The highest BCUT2D eigenvalue weighted by Crippen LogP contribution is 2.31. The van der Waals surface area contributed by atoms with Crippen LogP contribution in [0.5, 0.6) is 0 Å². The van der Waals surface area contributed by atoms with Gasteiger partial charge in [0.15, 0.2) is 0 Å². The molecule has 0 saturated heterocycles. The number of benzene rings is 3. The van der Waals surface area contributed by atoms with Gasteiger partial charge in [-0.3, -0.25) is 9.71 Å². The number of sulfonamides is 1. The minimum atomic E-state index is -3.84. The van der Waals surface area contributed by atoms with Gasteiger partial charge in [0, 0.05) is 16.5 Å². The topological polar surface area (TPSA) is 59.1 Å². The number of nitrogens with zero attached hydrogens (tertiary/aromatic N) is 1. The quantitative estimate of drug-likeness (QED) is 0.538. The zero-order chi connectivity index (χ0) is 18.3. The Balaban J connectivity index is 1.89. The van der Waals surface area contributed by atoms with E-state index in [1.165, 1.54) is 12.1 Å². The maximum atomic E-state index is 13.1. The molecule has 0 spiro atoms. The summed E-state index contributed by atoms with van der Waals surface area (Å²) in [4.78, 5) is 4.60. The Morgan fingerprint density at radius 3 is 2.42 bits per heavy atom. The van der Waals surface area contributed by atoms with Crippen molar-refractivity contribution in [2.45, 2.75) is 11.8 Å². The van der Waals surface area contributed by atoms with Gasteiger partial charge in [-0.1, -0.05) is 36.4 Å². The van der Waals surface area contributed by atoms with E-state index in [4.69, 9.17) is 0 Å². The van der Waals surface area contributed by atoms with Crippen LogP contribution in [0.4, 0.5) is 10.1 Å². The molecule has 0 aliphatic rings. The third-order valence-corrected chi connectivity index (χ3v) is 5.58. The fraction of sp³-hybridized carbons (Fsp3) is 0.0500. The highest BCUT2D eigenvalue weighted by Gasteiger charge is 2.17. The first-order valence-corrected chi connectivity index (χ1v) is 9.50. The van der Waals surface area contributed by atoms with E-state index < -0.39 is 15.8 Å². The van der Waals surface area contributed by atoms with Crippen LogP contribution in [0.15, 0.2) is 71.6 Å². The summed E-state index contributed by atoms with van der Waals surface area (Å²) in [7, 11) is -3.84. The summed E-state index contributed by atoms with van der Waals surface area (Å²) in [6, 6.07) is 18.0. The van der Waals surface area contributed by atoms with Crippen LogP contribution >= 0.6 is 0 Å². The zero-order valence-electron chi connectivity index (χ0n) is 13.9. The first kappa shape index (κ1) is 16.5. The lowest BCUT2D eigenvalue weighted by molar-refractivity contribution is 0.599. The highest BCUT2D eigenvalue weighted by atomic mass is 32.2. The Labute approximate surface area is 150 Å². The van der Waals surface area contributed by atoms with Gasteiger partial charge in [-0.25, -0.2) is 12.8 Å². The van der Waals surface area contributed by atoms with Crippen molar-refractivity contribution < 1.29 is 12.8 Å². The van der Waals surface area contributed by atoms with Gasteiger partial charge in [-0.05, 0) is 42.6 Å². The lowest BCUT2D eigenvalue weighted by atomic mass is 10.0. The molecule has 0 saturated carbocycles. The molecule has 1 aromatic heterocycles. The summed E-state index contributed by atoms with van der Waals surface area (Å²) in [5.41, 5.74) is 1.88. The molecule has 0 unspecified atom stereocenters. The van der Waals surface area contributed by atoms with E-state index in [0.717, 1.165) is 28.4 Å². The molecule has 1 heterocycles. The summed E-state index contributed by atoms with van der Waals surface area (Å²) in [5.74, 6) is -0.486. The van der Waals surface area contributed by atoms with Gasteiger partial charge in [0.2, 0.25) is 0 Å². The SMILES string of the molecule is Cc1cc(NS(=O)(=O)c2ccc(F)cc2)c2ccc3ccccc3c2n1. The van der Waals surface area contributed by atoms with E-state index in [-0.39, 0.29) is 4.90 Å². The Hall–Kier alpha value is -2.99. The molecular weight excluding hydrogens is 351 g/mol. The number of rotatable bonds is 3. The normalized spacial score (nSPS) is 11.8. The van der Waals surface area contributed by atoms with E-state index in [1.807, 2.05) is 43.3 Å². The van der Waals surface area contributed by atoms with Crippen molar-refractivity contribution in [1.29, 1.82) is 0 Å². The van der Waals surface area contributed by atoms with Crippen molar-refractivity contribution in [3.8, 4) is 0 Å². The second-order valence-electron chi connectivity index (χ2n) is 6.05. The summed E-state index contributed by atoms with van der Waals surface area (Å²) in [5, 5.41) is 2.70. The molecule has 0 amide bonds. The average molecular weight is 366 g/mol. The molecule has 0 fully saturated rings. The van der Waals surface area contributed by atoms with Crippen molar-refractivity contribution in [3.63, 3.8) is 0 Å². The fourth-order valence-corrected chi connectivity index (χ4v) is 4.06. The van der Waals surface area contributed by atoms with Gasteiger partial charge in [0.1, 0.15) is 5.82 Å². The lowest BCUT2D eigenvalue weighted by Gasteiger charge is -2.13. The Morgan fingerprint density at radius 2 is 1.65 bits per heavy atom. The van der Waals surface area contributed by atoms with Gasteiger partial charge in [-0.15, -0.1) is 0 Å². The summed E-state index contributed by atoms with van der Waals surface area (Å²) in [6.07, 6.45) is 0. The summed E-state index contributed by atoms with van der Waals surface area (Å²) < 4.78 is 41.1. The number of halogens is 1. The Kier molecular flexibility index (Phi) is 3.85. The van der Waals surface area contributed by atoms with Crippen molar-refractivity contribution in [2.24, 2.45) is 0 Å². The van der Waals surface area contributed by atoms with Crippen molar-refractivity contribution >= 4 is 37.4 Å². The number of nitrogens with one attached hydrogen (secondary N) is 1. The van der Waals surface area contributed by atoms with E-state index in [1.54, 1.807) is 6.07 Å². The number of hydrogen-bond donors (Lipinski definition) is 1. The number of pyridine rings is 1. The third kappa shape index (κ3) is 2.88. The minimum absolute atomic E-state index is 0.00213. The van der Waals surface area contributed by atoms with Gasteiger partial charge >= 0.3 is 0 Å². The lowest BCUT2D eigenvalue weighted by Crippen LogP contribution is -2.13. The zero-order valence-corrected chi connectivity index (χ0v) is 14.7. The molecule has 3 aromatic carbocycles. The maximum Gasteiger partial charge on any atom is 0.261 e. The molecule has 0 radical (unpaired) electrons. The monoisotopic (exact) mass is 366 g/mol. The van der Waals surface area contributed by atoms with E-state index in [0.29, 0.717) is 16.8 Å². The smallest absolute Gasteiger partial charge is 0.261 e. The van der Waals surface area contributed by atoms with Crippen LogP contribution in [-0.4, -0.2) is 13.4 Å². The molecule has 0 aliphatic carbocycles. The van der Waals surface area contributed by atoms with E-state index in [2.05, 4.69) is 9.71 Å². The third-order valence-electron chi connectivity index (χ3n) is 4.20. The van der Waals surface area contributed by atoms with Gasteiger partial charge in [0.25, 0.3) is 10.0 Å². The Bertz CT molecular complexity index is 1240. The number of anilines is 1. The number of fused-ring (bicyclic) bond motifs is 3. The summed E-state index contributed by atoms with van der Waals surface area (Å²) >= 11 is 0. The second-order valence-corrected chi connectivity index (χ2v) is 7.74. The molecule has 0 atom stereocenters. The summed E-state index contributed by atoms with van der Waals surface area (Å²) in [6.45, 7) is 1.82. The second kappa shape index (κ2) is 6.07. The van der Waals surface area contributed by atoms with Crippen LogP contribution in [0.1, 0.15) is 5.69 Å². The molecule has 130 valence electrons. The van der Waals surface area contributed by atoms with Gasteiger partial charge in [0.05, 0.1) is 16.1 Å². The molecule has 1 N–H and O–H groups in total. The van der Waals surface area contributed by atoms with Crippen molar-refractivity contribution in [2.75, 3.05) is 4.72 Å². The molecule has 26 heavy (non-hydrogen) atoms. The van der Waals surface area contributed by atoms with E-state index in [9.17, 15) is 12.8 Å². The predicted octanol–water partition coefficient (Wildman–Crippen LogP) is 4.64. The maximum absolute atomic E-state index is 13.1. The first-order valence-electron chi connectivity index (χ1n) is 8.01. The average Bonchev–Trinajstić information content (AvgIpc) is 2.61. The fourth-order valence-electron chi connectivity index (χ4n) is 2.99. The van der Waals surface area contributed by atoms with E-state index >= 15 is 0 Å². The molecule has 4 rings (SSSR count). The van der Waals surface area contributed by atoms with Crippen LogP contribution in [0.2, 0.25) is 0 Å². The van der Waals surface area contributed by atoms with Crippen LogP contribution in [0.3, 0.4) is 0 Å². The Morgan fingerprint density at radius 1 is 0.923 bits per heavy atom.